The predicted octanol–water partition coefficient (Wildman–Crippen LogP) is 2.73. The van der Waals surface area contributed by atoms with Crippen molar-refractivity contribution in [3.8, 4) is 0 Å². The largest absolute Gasteiger partial charge is 0.377 e. The highest BCUT2D eigenvalue weighted by Crippen LogP contribution is 2.19. The van der Waals surface area contributed by atoms with Crippen molar-refractivity contribution in [2.24, 2.45) is 5.73 Å². The second-order valence-corrected chi connectivity index (χ2v) is 3.66. The highest BCUT2D eigenvalue weighted by atomic mass is 35.5. The molecule has 0 heterocycles. The molecule has 0 aromatic heterocycles. The Hall–Kier alpha value is -0.640. The van der Waals surface area contributed by atoms with Gasteiger partial charge in [-0.15, -0.1) is 0 Å². The summed E-state index contributed by atoms with van der Waals surface area (Å²) in [5.41, 5.74) is 5.76. The normalized spacial score (nSPS) is 10.6. The first kappa shape index (κ1) is 12.4. The van der Waals surface area contributed by atoms with Crippen LogP contribution in [-0.2, 0) is 11.3 Å². The summed E-state index contributed by atoms with van der Waals surface area (Å²) in [6.07, 6.45) is 1.81. The Balaban J connectivity index is 2.37. The first-order valence-electron chi connectivity index (χ1n) is 4.96. The smallest absolute Gasteiger partial charge is 0.130 e. The average Bonchev–Trinajstić information content (AvgIpc) is 2.21. The average molecular weight is 232 g/mol. The summed E-state index contributed by atoms with van der Waals surface area (Å²) in [6, 6.07) is 4.61. The van der Waals surface area contributed by atoms with Gasteiger partial charge in [0.25, 0.3) is 0 Å². The molecule has 2 N–H and O–H groups in total. The van der Waals surface area contributed by atoms with Crippen LogP contribution in [0.1, 0.15) is 18.4 Å². The van der Waals surface area contributed by atoms with Crippen molar-refractivity contribution in [2.45, 2.75) is 19.4 Å². The molecule has 0 radical (unpaired) electrons. The molecule has 4 heteroatoms. The minimum atomic E-state index is -0.318. The number of hydrogen-bond acceptors (Lipinski definition) is 2. The molecule has 0 saturated carbocycles. The minimum absolute atomic E-state index is 0.218. The molecular formula is C11H15ClFNO. The second kappa shape index (κ2) is 6.77. The molecule has 84 valence electrons. The Kier molecular flexibility index (Phi) is 5.61. The molecule has 1 aromatic carbocycles. The molecule has 0 unspecified atom stereocenters. The van der Waals surface area contributed by atoms with Gasteiger partial charge >= 0.3 is 0 Å². The monoisotopic (exact) mass is 231 g/mol. The summed E-state index contributed by atoms with van der Waals surface area (Å²) in [6.45, 7) is 1.46. The van der Waals surface area contributed by atoms with Gasteiger partial charge in [0, 0.05) is 17.2 Å². The van der Waals surface area contributed by atoms with Gasteiger partial charge in [-0.1, -0.05) is 17.7 Å². The third-order valence-electron chi connectivity index (χ3n) is 2.05. The molecule has 0 bridgehead atoms. The van der Waals surface area contributed by atoms with Crippen LogP contribution in [0.3, 0.4) is 0 Å². The predicted molar refractivity (Wildman–Crippen MR) is 59.4 cm³/mol. The summed E-state index contributed by atoms with van der Waals surface area (Å²) in [5.74, 6) is -0.318. The van der Waals surface area contributed by atoms with Gasteiger partial charge in [-0.3, -0.25) is 0 Å². The van der Waals surface area contributed by atoms with Gasteiger partial charge in [0.2, 0.25) is 0 Å². The Morgan fingerprint density at radius 2 is 2.13 bits per heavy atom. The summed E-state index contributed by atoms with van der Waals surface area (Å²) in [5, 5.41) is 0.411. The Labute approximate surface area is 94.2 Å². The lowest BCUT2D eigenvalue weighted by Crippen LogP contribution is -2.03. The van der Waals surface area contributed by atoms with E-state index in [2.05, 4.69) is 0 Å². The van der Waals surface area contributed by atoms with Crippen LogP contribution in [-0.4, -0.2) is 13.2 Å². The zero-order valence-electron chi connectivity index (χ0n) is 8.51. The lowest BCUT2D eigenvalue weighted by atomic mass is 10.2. The SMILES string of the molecule is NCCCCOCc1c(F)cccc1Cl. The van der Waals surface area contributed by atoms with Crippen LogP contribution in [0.25, 0.3) is 0 Å². The van der Waals surface area contributed by atoms with E-state index in [-0.39, 0.29) is 12.4 Å². The van der Waals surface area contributed by atoms with Gasteiger partial charge in [-0.2, -0.15) is 0 Å². The number of ether oxygens (including phenoxy) is 1. The molecule has 0 fully saturated rings. The molecule has 0 spiro atoms. The standard InChI is InChI=1S/C11H15ClFNO/c12-10-4-3-5-11(13)9(10)8-15-7-2-1-6-14/h3-5H,1-2,6-8,14H2. The van der Waals surface area contributed by atoms with Crippen LogP contribution >= 0.6 is 11.6 Å². The molecule has 0 aliphatic carbocycles. The lowest BCUT2D eigenvalue weighted by Gasteiger charge is -2.06. The molecule has 2 nitrogen and oxygen atoms in total. The maximum absolute atomic E-state index is 13.2. The third kappa shape index (κ3) is 4.16. The number of rotatable bonds is 6. The van der Waals surface area contributed by atoms with Gasteiger partial charge in [-0.05, 0) is 31.5 Å². The Morgan fingerprint density at radius 1 is 1.33 bits per heavy atom. The zero-order chi connectivity index (χ0) is 11.1. The third-order valence-corrected chi connectivity index (χ3v) is 2.40. The van der Waals surface area contributed by atoms with Crippen LogP contribution in [0.5, 0.6) is 0 Å². The first-order valence-corrected chi connectivity index (χ1v) is 5.34. The summed E-state index contributed by atoms with van der Waals surface area (Å²) in [4.78, 5) is 0. The van der Waals surface area contributed by atoms with Gasteiger partial charge in [0.15, 0.2) is 0 Å². The van der Waals surface area contributed by atoms with Crippen LogP contribution in [0.15, 0.2) is 18.2 Å². The molecule has 0 aliphatic heterocycles. The van der Waals surface area contributed by atoms with E-state index in [0.717, 1.165) is 12.8 Å². The van der Waals surface area contributed by atoms with Gasteiger partial charge in [0.05, 0.1) is 6.61 Å². The molecule has 0 aliphatic rings. The van der Waals surface area contributed by atoms with Crippen LogP contribution in [0.4, 0.5) is 4.39 Å². The fraction of sp³-hybridized carbons (Fsp3) is 0.455. The molecule has 1 rings (SSSR count). The Morgan fingerprint density at radius 3 is 2.80 bits per heavy atom. The lowest BCUT2D eigenvalue weighted by molar-refractivity contribution is 0.115. The number of hydrogen-bond donors (Lipinski definition) is 1. The van der Waals surface area contributed by atoms with E-state index < -0.39 is 0 Å². The van der Waals surface area contributed by atoms with Crippen molar-refractivity contribution < 1.29 is 9.13 Å². The van der Waals surface area contributed by atoms with E-state index in [0.29, 0.717) is 23.7 Å². The fourth-order valence-corrected chi connectivity index (χ4v) is 1.41. The quantitative estimate of drug-likeness (QED) is 0.764. The molecule has 1 aromatic rings. The van der Waals surface area contributed by atoms with Crippen molar-refractivity contribution in [2.75, 3.05) is 13.2 Å². The van der Waals surface area contributed by atoms with Crippen LogP contribution in [0.2, 0.25) is 5.02 Å². The van der Waals surface area contributed by atoms with Crippen LogP contribution < -0.4 is 5.73 Å². The van der Waals surface area contributed by atoms with E-state index in [4.69, 9.17) is 22.1 Å². The molecule has 15 heavy (non-hydrogen) atoms. The van der Waals surface area contributed by atoms with Crippen molar-refractivity contribution >= 4 is 11.6 Å². The van der Waals surface area contributed by atoms with E-state index in [1.807, 2.05) is 0 Å². The maximum atomic E-state index is 13.2. The highest BCUT2D eigenvalue weighted by molar-refractivity contribution is 6.31. The van der Waals surface area contributed by atoms with Gasteiger partial charge < -0.3 is 10.5 Å². The number of halogens is 2. The maximum Gasteiger partial charge on any atom is 0.130 e. The molecule has 0 saturated heterocycles. The summed E-state index contributed by atoms with van der Waals surface area (Å²) >= 11 is 5.83. The number of unbranched alkanes of at least 4 members (excludes halogenated alkanes) is 1. The first-order chi connectivity index (χ1) is 7.25. The van der Waals surface area contributed by atoms with E-state index in [1.54, 1.807) is 12.1 Å². The van der Waals surface area contributed by atoms with E-state index in [1.165, 1.54) is 6.07 Å². The van der Waals surface area contributed by atoms with Gasteiger partial charge in [0.1, 0.15) is 5.82 Å². The highest BCUT2D eigenvalue weighted by Gasteiger charge is 2.06. The zero-order valence-corrected chi connectivity index (χ0v) is 9.27. The van der Waals surface area contributed by atoms with Crippen molar-refractivity contribution in [3.63, 3.8) is 0 Å². The van der Waals surface area contributed by atoms with Crippen LogP contribution in [0, 0.1) is 5.82 Å². The van der Waals surface area contributed by atoms with E-state index >= 15 is 0 Å². The molecular weight excluding hydrogens is 217 g/mol. The second-order valence-electron chi connectivity index (χ2n) is 3.25. The van der Waals surface area contributed by atoms with Crippen molar-refractivity contribution in [1.82, 2.24) is 0 Å². The Bertz CT molecular complexity index is 286. The minimum Gasteiger partial charge on any atom is -0.377 e. The van der Waals surface area contributed by atoms with Gasteiger partial charge in [-0.25, -0.2) is 4.39 Å². The van der Waals surface area contributed by atoms with Crippen molar-refractivity contribution in [1.29, 1.82) is 0 Å². The molecule has 0 atom stereocenters. The summed E-state index contributed by atoms with van der Waals surface area (Å²) < 4.78 is 18.5. The fourth-order valence-electron chi connectivity index (χ4n) is 1.19. The molecule has 0 amide bonds. The summed E-state index contributed by atoms with van der Waals surface area (Å²) in [7, 11) is 0. The van der Waals surface area contributed by atoms with Crippen molar-refractivity contribution in [3.05, 3.63) is 34.6 Å². The number of benzene rings is 1. The topological polar surface area (TPSA) is 35.2 Å². The number of nitrogens with two attached hydrogens (primary N) is 1. The van der Waals surface area contributed by atoms with E-state index in [9.17, 15) is 4.39 Å².